The summed E-state index contributed by atoms with van der Waals surface area (Å²) < 4.78 is 19.2. The molecule has 1 aliphatic heterocycles. The van der Waals surface area contributed by atoms with Crippen LogP contribution in [-0.4, -0.2) is 22.7 Å². The van der Waals surface area contributed by atoms with Crippen molar-refractivity contribution >= 4 is 27.3 Å². The Morgan fingerprint density at radius 2 is 2.08 bits per heavy atom. The van der Waals surface area contributed by atoms with Gasteiger partial charge in [-0.1, -0.05) is 18.2 Å². The molecular weight excluding hydrogens is 353 g/mol. The minimum atomic E-state index is -0.623. The summed E-state index contributed by atoms with van der Waals surface area (Å²) >= 11 is 1.39. The van der Waals surface area contributed by atoms with Gasteiger partial charge >= 0.3 is 0 Å². The molecule has 0 aliphatic carbocycles. The number of fused-ring (bicyclic) bond motifs is 1. The van der Waals surface area contributed by atoms with Gasteiger partial charge in [0, 0.05) is 16.7 Å². The van der Waals surface area contributed by atoms with E-state index in [4.69, 9.17) is 10.5 Å². The molecule has 7 heteroatoms. The average molecular weight is 367 g/mol. The third-order valence-corrected chi connectivity index (χ3v) is 5.21. The summed E-state index contributed by atoms with van der Waals surface area (Å²) in [6.45, 7) is 0.554. The Bertz CT molecular complexity index is 1050. The van der Waals surface area contributed by atoms with Crippen molar-refractivity contribution in [2.75, 3.05) is 6.61 Å². The summed E-state index contributed by atoms with van der Waals surface area (Å²) in [5, 5.41) is 9.05. The Morgan fingerprint density at radius 1 is 1.27 bits per heavy atom. The van der Waals surface area contributed by atoms with Gasteiger partial charge in [-0.25, -0.2) is 4.39 Å². The fraction of sp³-hybridized carbons (Fsp3) is 0.105. The molecule has 4 rings (SSSR count). The first-order valence-corrected chi connectivity index (χ1v) is 8.75. The molecule has 5 nitrogen and oxygen atoms in total. The molecule has 0 bridgehead atoms. The number of primary amides is 1. The fourth-order valence-corrected chi connectivity index (χ4v) is 3.96. The molecule has 2 aromatic heterocycles. The lowest BCUT2D eigenvalue weighted by molar-refractivity contribution is 0.0996. The van der Waals surface area contributed by atoms with Crippen LogP contribution in [0.15, 0.2) is 54.3 Å². The van der Waals surface area contributed by atoms with Crippen LogP contribution in [0.2, 0.25) is 0 Å². The molecule has 0 radical (unpaired) electrons. The van der Waals surface area contributed by atoms with Crippen molar-refractivity contribution in [2.24, 2.45) is 5.73 Å². The van der Waals surface area contributed by atoms with Crippen molar-refractivity contribution in [1.29, 1.82) is 0 Å². The van der Waals surface area contributed by atoms with Gasteiger partial charge in [-0.15, -0.1) is 16.4 Å². The van der Waals surface area contributed by atoms with Crippen molar-refractivity contribution in [3.63, 3.8) is 0 Å². The molecule has 1 amide bonds. The van der Waals surface area contributed by atoms with Gasteiger partial charge in [-0.05, 0) is 35.4 Å². The molecule has 0 saturated heterocycles. The SMILES string of the molecule is NC(=O)c1nnc(CC2=COCC=C2)c2cc(-c3ccc(F)cc3)sc12. The van der Waals surface area contributed by atoms with E-state index in [1.54, 1.807) is 18.4 Å². The number of aromatic nitrogens is 2. The van der Waals surface area contributed by atoms with Crippen LogP contribution in [0.1, 0.15) is 16.2 Å². The van der Waals surface area contributed by atoms with E-state index in [1.165, 1.54) is 23.5 Å². The highest BCUT2D eigenvalue weighted by molar-refractivity contribution is 7.22. The highest BCUT2D eigenvalue weighted by Crippen LogP contribution is 2.36. The quantitative estimate of drug-likeness (QED) is 0.764. The van der Waals surface area contributed by atoms with Crippen molar-refractivity contribution in [3.05, 3.63) is 71.5 Å². The Kier molecular flexibility index (Phi) is 4.22. The van der Waals surface area contributed by atoms with E-state index in [9.17, 15) is 9.18 Å². The Balaban J connectivity index is 1.84. The lowest BCUT2D eigenvalue weighted by Gasteiger charge is -2.08. The predicted octanol–water partition coefficient (Wildman–Crippen LogP) is 3.61. The second-order valence-corrected chi connectivity index (χ2v) is 6.88. The maximum absolute atomic E-state index is 13.2. The minimum absolute atomic E-state index is 0.145. The molecule has 0 unspecified atom stereocenters. The molecule has 0 atom stereocenters. The van der Waals surface area contributed by atoms with Gasteiger partial charge in [-0.2, -0.15) is 5.10 Å². The molecule has 3 heterocycles. The van der Waals surface area contributed by atoms with E-state index in [0.29, 0.717) is 17.7 Å². The summed E-state index contributed by atoms with van der Waals surface area (Å²) in [7, 11) is 0. The van der Waals surface area contributed by atoms with Gasteiger partial charge in [-0.3, -0.25) is 4.79 Å². The van der Waals surface area contributed by atoms with Crippen LogP contribution in [0.5, 0.6) is 0 Å². The number of nitrogens with two attached hydrogens (primary N) is 1. The Labute approximate surface area is 152 Å². The number of nitrogens with zero attached hydrogens (tertiary/aromatic N) is 2. The third kappa shape index (κ3) is 3.09. The van der Waals surface area contributed by atoms with E-state index in [1.807, 2.05) is 18.2 Å². The fourth-order valence-electron chi connectivity index (χ4n) is 2.78. The molecule has 0 spiro atoms. The number of carbonyl (C=O) groups is 1. The van der Waals surface area contributed by atoms with Gasteiger partial charge in [0.05, 0.1) is 16.7 Å². The van der Waals surface area contributed by atoms with Crippen LogP contribution >= 0.6 is 11.3 Å². The van der Waals surface area contributed by atoms with Gasteiger partial charge in [0.1, 0.15) is 12.4 Å². The van der Waals surface area contributed by atoms with E-state index in [0.717, 1.165) is 27.1 Å². The summed E-state index contributed by atoms with van der Waals surface area (Å²) in [5.74, 6) is -0.922. The first-order chi connectivity index (χ1) is 12.6. The second-order valence-electron chi connectivity index (χ2n) is 5.83. The van der Waals surface area contributed by atoms with Gasteiger partial charge in [0.15, 0.2) is 5.69 Å². The van der Waals surface area contributed by atoms with Crippen molar-refractivity contribution in [3.8, 4) is 10.4 Å². The number of benzene rings is 1. The van der Waals surface area contributed by atoms with Crippen molar-refractivity contribution < 1.29 is 13.9 Å². The zero-order chi connectivity index (χ0) is 18.1. The highest BCUT2D eigenvalue weighted by atomic mass is 32.1. The van der Waals surface area contributed by atoms with E-state index in [-0.39, 0.29) is 11.5 Å². The topological polar surface area (TPSA) is 78.1 Å². The number of amides is 1. The van der Waals surface area contributed by atoms with Crippen LogP contribution in [0, 0.1) is 5.82 Å². The molecule has 26 heavy (non-hydrogen) atoms. The normalized spacial score (nSPS) is 13.5. The minimum Gasteiger partial charge on any atom is -0.497 e. The van der Waals surface area contributed by atoms with Crippen molar-refractivity contribution in [1.82, 2.24) is 10.2 Å². The molecular formula is C19H14FN3O2S. The third-order valence-electron chi connectivity index (χ3n) is 4.02. The maximum Gasteiger partial charge on any atom is 0.270 e. The number of allylic oxidation sites excluding steroid dienone is 2. The Morgan fingerprint density at radius 3 is 2.77 bits per heavy atom. The number of hydrogen-bond donors (Lipinski definition) is 1. The van der Waals surface area contributed by atoms with Crippen LogP contribution in [-0.2, 0) is 11.2 Å². The largest absolute Gasteiger partial charge is 0.497 e. The summed E-state index contributed by atoms with van der Waals surface area (Å²) in [4.78, 5) is 12.6. The predicted molar refractivity (Wildman–Crippen MR) is 98.2 cm³/mol. The average Bonchev–Trinajstić information content (AvgIpc) is 3.09. The van der Waals surface area contributed by atoms with E-state index in [2.05, 4.69) is 10.2 Å². The zero-order valence-corrected chi connectivity index (χ0v) is 14.4. The smallest absolute Gasteiger partial charge is 0.270 e. The number of rotatable bonds is 4. The summed E-state index contributed by atoms with van der Waals surface area (Å²) in [5.41, 5.74) is 8.15. The van der Waals surface area contributed by atoms with Gasteiger partial charge in [0.2, 0.25) is 0 Å². The van der Waals surface area contributed by atoms with Crippen LogP contribution in [0.4, 0.5) is 4.39 Å². The van der Waals surface area contributed by atoms with Crippen LogP contribution < -0.4 is 5.73 Å². The number of ether oxygens (including phenoxy) is 1. The monoisotopic (exact) mass is 367 g/mol. The van der Waals surface area contributed by atoms with E-state index >= 15 is 0 Å². The number of halogens is 1. The molecule has 2 N–H and O–H groups in total. The molecule has 1 aromatic carbocycles. The second kappa shape index (κ2) is 6.68. The first kappa shape index (κ1) is 16.4. The summed E-state index contributed by atoms with van der Waals surface area (Å²) in [6, 6.07) is 8.15. The first-order valence-electron chi connectivity index (χ1n) is 7.94. The number of carbonyl (C=O) groups excluding carboxylic acids is 1. The maximum atomic E-state index is 13.2. The van der Waals surface area contributed by atoms with E-state index < -0.39 is 5.91 Å². The number of hydrogen-bond acceptors (Lipinski definition) is 5. The molecule has 1 aliphatic rings. The molecule has 0 fully saturated rings. The zero-order valence-electron chi connectivity index (χ0n) is 13.6. The molecule has 130 valence electrons. The molecule has 3 aromatic rings. The van der Waals surface area contributed by atoms with Gasteiger partial charge in [0.25, 0.3) is 5.91 Å². The van der Waals surface area contributed by atoms with Crippen LogP contribution in [0.3, 0.4) is 0 Å². The van der Waals surface area contributed by atoms with Crippen LogP contribution in [0.25, 0.3) is 20.5 Å². The standard InChI is InChI=1S/C19H14FN3O2S/c20-13-5-3-12(4-6-13)16-9-14-15(8-11-2-1-7-25-10-11)22-23-17(19(21)24)18(14)26-16/h1-6,9-10H,7-8H2,(H2,21,24). The lowest BCUT2D eigenvalue weighted by Crippen LogP contribution is -2.14. The number of thiophene rings is 1. The Hall–Kier alpha value is -3.06. The van der Waals surface area contributed by atoms with Crippen molar-refractivity contribution in [2.45, 2.75) is 6.42 Å². The summed E-state index contributed by atoms with van der Waals surface area (Å²) in [6.07, 6.45) is 6.13. The lowest BCUT2D eigenvalue weighted by atomic mass is 10.1. The highest BCUT2D eigenvalue weighted by Gasteiger charge is 2.18. The molecule has 0 saturated carbocycles. The van der Waals surface area contributed by atoms with Gasteiger partial charge < -0.3 is 10.5 Å².